The average molecular weight is 409 g/mol. The van der Waals surface area contributed by atoms with Gasteiger partial charge in [-0.15, -0.1) is 0 Å². The first-order valence-corrected chi connectivity index (χ1v) is 10.6. The second kappa shape index (κ2) is 8.19. The molecule has 5 heteroatoms. The number of nitrogens with zero attached hydrogens (tertiary/aromatic N) is 2. The molecule has 0 aromatic heterocycles. The van der Waals surface area contributed by atoms with Crippen LogP contribution in [0.3, 0.4) is 0 Å². The molecule has 0 radical (unpaired) electrons. The number of fused-ring (bicyclic) bond motifs is 2. The number of benzene rings is 3. The lowest BCUT2D eigenvalue weighted by molar-refractivity contribution is -0.120. The topological polar surface area (TPSA) is 61.8 Å². The SMILES string of the molecule is O=C(CN1C(=O)CC(c2ccccc2)=Nc2ccccc21)Nc1ccc2c(c1)CCC2. The minimum absolute atomic E-state index is 0.0511. The number of hydrogen-bond donors (Lipinski definition) is 1. The second-order valence-corrected chi connectivity index (χ2v) is 7.96. The Hall–Kier alpha value is -3.73. The molecule has 154 valence electrons. The quantitative estimate of drug-likeness (QED) is 0.681. The molecule has 1 aliphatic carbocycles. The van der Waals surface area contributed by atoms with Crippen LogP contribution in [0.1, 0.15) is 29.5 Å². The normalized spacial score (nSPS) is 15.0. The Kier molecular flexibility index (Phi) is 5.08. The molecule has 0 fully saturated rings. The van der Waals surface area contributed by atoms with Crippen molar-refractivity contribution in [1.29, 1.82) is 0 Å². The molecule has 5 rings (SSSR count). The lowest BCUT2D eigenvalue weighted by atomic mass is 10.1. The highest BCUT2D eigenvalue weighted by Gasteiger charge is 2.26. The Morgan fingerprint density at radius 1 is 0.935 bits per heavy atom. The summed E-state index contributed by atoms with van der Waals surface area (Å²) in [5.41, 5.74) is 6.41. The first-order valence-electron chi connectivity index (χ1n) is 10.6. The molecule has 3 aromatic rings. The maximum atomic E-state index is 13.2. The predicted octanol–water partition coefficient (Wildman–Crippen LogP) is 4.67. The molecule has 1 aliphatic heterocycles. The van der Waals surface area contributed by atoms with Crippen molar-refractivity contribution in [2.75, 3.05) is 16.8 Å². The van der Waals surface area contributed by atoms with Crippen molar-refractivity contribution in [3.8, 4) is 0 Å². The number of amides is 2. The first-order chi connectivity index (χ1) is 15.2. The van der Waals surface area contributed by atoms with Crippen LogP contribution in [0.15, 0.2) is 77.8 Å². The van der Waals surface area contributed by atoms with E-state index in [0.717, 1.165) is 30.5 Å². The van der Waals surface area contributed by atoms with Crippen LogP contribution in [-0.2, 0) is 22.4 Å². The average Bonchev–Trinajstić information content (AvgIpc) is 3.20. The number of carbonyl (C=O) groups is 2. The number of aryl methyl sites for hydroxylation is 2. The third kappa shape index (κ3) is 3.99. The molecule has 0 bridgehead atoms. The summed E-state index contributed by atoms with van der Waals surface area (Å²) in [6.45, 7) is -0.0511. The fourth-order valence-electron chi connectivity index (χ4n) is 4.31. The summed E-state index contributed by atoms with van der Waals surface area (Å²) < 4.78 is 0. The molecule has 1 heterocycles. The molecule has 2 amide bonds. The molecule has 3 aromatic carbocycles. The van der Waals surface area contributed by atoms with Crippen LogP contribution in [-0.4, -0.2) is 24.1 Å². The van der Waals surface area contributed by atoms with Crippen LogP contribution in [0, 0.1) is 0 Å². The fraction of sp³-hybridized carbons (Fsp3) is 0.192. The van der Waals surface area contributed by atoms with Crippen LogP contribution < -0.4 is 10.2 Å². The van der Waals surface area contributed by atoms with Crippen LogP contribution >= 0.6 is 0 Å². The van der Waals surface area contributed by atoms with Gasteiger partial charge in [0.25, 0.3) is 0 Å². The van der Waals surface area contributed by atoms with E-state index in [-0.39, 0.29) is 24.8 Å². The summed E-state index contributed by atoms with van der Waals surface area (Å²) in [4.78, 5) is 32.3. The minimum Gasteiger partial charge on any atom is -0.325 e. The molecule has 5 nitrogen and oxygen atoms in total. The van der Waals surface area contributed by atoms with Crippen molar-refractivity contribution < 1.29 is 9.59 Å². The van der Waals surface area contributed by atoms with E-state index < -0.39 is 0 Å². The summed E-state index contributed by atoms with van der Waals surface area (Å²) in [7, 11) is 0. The monoisotopic (exact) mass is 409 g/mol. The Morgan fingerprint density at radius 3 is 2.58 bits per heavy atom. The predicted molar refractivity (Wildman–Crippen MR) is 123 cm³/mol. The van der Waals surface area contributed by atoms with E-state index >= 15 is 0 Å². The van der Waals surface area contributed by atoms with Gasteiger partial charge in [-0.1, -0.05) is 48.5 Å². The standard InChI is InChI=1S/C26H23N3O2/c30-25(27-21-14-13-18-9-6-10-20(18)15-21)17-29-24-12-5-4-11-22(24)28-23(16-26(29)31)19-7-2-1-3-8-19/h1-5,7-8,11-15H,6,9-10,16-17H2,(H,27,30). The van der Waals surface area contributed by atoms with Gasteiger partial charge < -0.3 is 10.2 Å². The first kappa shape index (κ1) is 19.2. The van der Waals surface area contributed by atoms with E-state index in [1.54, 1.807) is 0 Å². The Morgan fingerprint density at radius 2 is 1.71 bits per heavy atom. The van der Waals surface area contributed by atoms with Gasteiger partial charge in [-0.05, 0) is 60.2 Å². The zero-order valence-corrected chi connectivity index (χ0v) is 17.2. The summed E-state index contributed by atoms with van der Waals surface area (Å²) in [6, 6.07) is 23.2. The van der Waals surface area contributed by atoms with Gasteiger partial charge in [0.2, 0.25) is 11.8 Å². The molecule has 0 atom stereocenters. The Labute approximate surface area is 181 Å². The fourth-order valence-corrected chi connectivity index (χ4v) is 4.31. The van der Waals surface area contributed by atoms with Crippen LogP contribution in [0.25, 0.3) is 0 Å². The Balaban J connectivity index is 1.39. The molecule has 1 N–H and O–H groups in total. The van der Waals surface area contributed by atoms with Crippen molar-refractivity contribution in [2.45, 2.75) is 25.7 Å². The van der Waals surface area contributed by atoms with E-state index in [1.807, 2.05) is 60.7 Å². The number of hydrogen-bond acceptors (Lipinski definition) is 3. The van der Waals surface area contributed by atoms with Gasteiger partial charge in [-0.2, -0.15) is 0 Å². The highest BCUT2D eigenvalue weighted by atomic mass is 16.2. The van der Waals surface area contributed by atoms with Crippen LogP contribution in [0.2, 0.25) is 0 Å². The lowest BCUT2D eigenvalue weighted by Crippen LogP contribution is -2.38. The smallest absolute Gasteiger partial charge is 0.244 e. The molecular weight excluding hydrogens is 386 g/mol. The van der Waals surface area contributed by atoms with Gasteiger partial charge >= 0.3 is 0 Å². The maximum Gasteiger partial charge on any atom is 0.244 e. The van der Waals surface area contributed by atoms with Gasteiger partial charge in [0.05, 0.1) is 23.5 Å². The zero-order valence-electron chi connectivity index (χ0n) is 17.2. The van der Waals surface area contributed by atoms with E-state index in [1.165, 1.54) is 16.0 Å². The van der Waals surface area contributed by atoms with Gasteiger partial charge in [-0.3, -0.25) is 14.6 Å². The summed E-state index contributed by atoms with van der Waals surface area (Å²) >= 11 is 0. The van der Waals surface area contributed by atoms with Crippen molar-refractivity contribution in [3.05, 3.63) is 89.5 Å². The van der Waals surface area contributed by atoms with E-state index in [0.29, 0.717) is 17.1 Å². The molecule has 0 spiro atoms. The number of para-hydroxylation sites is 2. The number of anilines is 2. The number of nitrogens with one attached hydrogen (secondary N) is 1. The third-order valence-electron chi connectivity index (χ3n) is 5.84. The molecule has 0 saturated heterocycles. The van der Waals surface area contributed by atoms with Gasteiger partial charge in [0.15, 0.2) is 0 Å². The van der Waals surface area contributed by atoms with Crippen molar-refractivity contribution in [2.24, 2.45) is 4.99 Å². The zero-order chi connectivity index (χ0) is 21.2. The Bertz CT molecular complexity index is 1180. The van der Waals surface area contributed by atoms with E-state index in [4.69, 9.17) is 4.99 Å². The summed E-state index contributed by atoms with van der Waals surface area (Å²) in [5, 5.41) is 2.96. The molecule has 2 aliphatic rings. The van der Waals surface area contributed by atoms with Gasteiger partial charge in [0.1, 0.15) is 6.54 Å². The second-order valence-electron chi connectivity index (χ2n) is 7.96. The number of rotatable bonds is 4. The van der Waals surface area contributed by atoms with Gasteiger partial charge in [-0.25, -0.2) is 0 Å². The lowest BCUT2D eigenvalue weighted by Gasteiger charge is -2.22. The highest BCUT2D eigenvalue weighted by molar-refractivity contribution is 6.18. The van der Waals surface area contributed by atoms with Crippen molar-refractivity contribution in [3.63, 3.8) is 0 Å². The van der Waals surface area contributed by atoms with E-state index in [9.17, 15) is 9.59 Å². The molecule has 0 unspecified atom stereocenters. The summed E-state index contributed by atoms with van der Waals surface area (Å²) in [6.07, 6.45) is 3.46. The maximum absolute atomic E-state index is 13.2. The molecular formula is C26H23N3O2. The third-order valence-corrected chi connectivity index (χ3v) is 5.84. The molecule has 0 saturated carbocycles. The van der Waals surface area contributed by atoms with Crippen LogP contribution in [0.5, 0.6) is 0 Å². The number of carbonyl (C=O) groups excluding carboxylic acids is 2. The molecule has 31 heavy (non-hydrogen) atoms. The van der Waals surface area contributed by atoms with E-state index in [2.05, 4.69) is 17.4 Å². The largest absolute Gasteiger partial charge is 0.325 e. The summed E-state index contributed by atoms with van der Waals surface area (Å²) in [5.74, 6) is -0.360. The van der Waals surface area contributed by atoms with Gasteiger partial charge in [0, 0.05) is 5.69 Å². The number of aliphatic imine (C=N–C) groups is 1. The van der Waals surface area contributed by atoms with Crippen molar-refractivity contribution >= 4 is 34.6 Å². The minimum atomic E-state index is -0.218. The van der Waals surface area contributed by atoms with Crippen molar-refractivity contribution in [1.82, 2.24) is 0 Å². The highest BCUT2D eigenvalue weighted by Crippen LogP contribution is 2.33. The van der Waals surface area contributed by atoms with Crippen LogP contribution in [0.4, 0.5) is 17.1 Å².